The molecule has 0 aliphatic heterocycles. The van der Waals surface area contributed by atoms with Gasteiger partial charge in [-0.15, -0.1) is 4.91 Å². The number of hydrogen-bond donors (Lipinski definition) is 1. The second-order valence-corrected chi connectivity index (χ2v) is 1.94. The van der Waals surface area contributed by atoms with Gasteiger partial charge >= 0.3 is 0 Å². The molecule has 54 valence electrons. The molecular formula is C5H12N2O2. The van der Waals surface area contributed by atoms with Crippen molar-refractivity contribution in [2.24, 2.45) is 5.29 Å². The maximum Gasteiger partial charge on any atom is 0.0704 e. The molecule has 0 rings (SSSR count). The first-order valence-corrected chi connectivity index (χ1v) is 2.97. The van der Waals surface area contributed by atoms with E-state index in [2.05, 4.69) is 5.29 Å². The van der Waals surface area contributed by atoms with Crippen molar-refractivity contribution in [3.8, 4) is 0 Å². The van der Waals surface area contributed by atoms with Gasteiger partial charge in [0.1, 0.15) is 0 Å². The Kier molecular flexibility index (Phi) is 3.96. The van der Waals surface area contributed by atoms with Crippen LogP contribution in [0.4, 0.5) is 0 Å². The lowest BCUT2D eigenvalue weighted by molar-refractivity contribution is 0.131. The number of nitrogens with zero attached hydrogens (tertiary/aromatic N) is 2. The van der Waals surface area contributed by atoms with Crippen LogP contribution in [0.2, 0.25) is 0 Å². The highest BCUT2D eigenvalue weighted by Crippen LogP contribution is 1.90. The lowest BCUT2D eigenvalue weighted by atomic mass is 10.4. The molecule has 0 aliphatic carbocycles. The van der Waals surface area contributed by atoms with Crippen molar-refractivity contribution in [2.45, 2.75) is 20.0 Å². The molecule has 1 unspecified atom stereocenters. The van der Waals surface area contributed by atoms with Gasteiger partial charge in [0, 0.05) is 6.54 Å². The van der Waals surface area contributed by atoms with Crippen LogP contribution in [0.3, 0.4) is 0 Å². The summed E-state index contributed by atoms with van der Waals surface area (Å²) in [6.45, 7) is 4.30. The minimum atomic E-state index is -0.484. The number of nitroso groups, excluding NO2 is 1. The quantitative estimate of drug-likeness (QED) is 0.444. The third kappa shape index (κ3) is 3.90. The van der Waals surface area contributed by atoms with Crippen LogP contribution < -0.4 is 0 Å². The van der Waals surface area contributed by atoms with Crippen molar-refractivity contribution in [1.29, 1.82) is 0 Å². The third-order valence-corrected chi connectivity index (χ3v) is 0.955. The van der Waals surface area contributed by atoms with E-state index in [4.69, 9.17) is 5.11 Å². The van der Waals surface area contributed by atoms with Crippen molar-refractivity contribution < 1.29 is 5.11 Å². The average Bonchev–Trinajstić information content (AvgIpc) is 1.82. The summed E-state index contributed by atoms with van der Waals surface area (Å²) in [7, 11) is 0. The summed E-state index contributed by atoms with van der Waals surface area (Å²) in [5, 5.41) is 12.7. The minimum Gasteiger partial charge on any atom is -0.392 e. The first-order valence-electron chi connectivity index (χ1n) is 2.97. The second-order valence-electron chi connectivity index (χ2n) is 1.94. The molecule has 0 aromatic rings. The highest BCUT2D eigenvalue weighted by atomic mass is 16.3. The fourth-order valence-corrected chi connectivity index (χ4v) is 0.525. The lowest BCUT2D eigenvalue weighted by Gasteiger charge is -2.13. The van der Waals surface area contributed by atoms with Crippen LogP contribution in [0.5, 0.6) is 0 Å². The van der Waals surface area contributed by atoms with E-state index in [1.165, 1.54) is 5.01 Å². The minimum absolute atomic E-state index is 0.319. The highest BCUT2D eigenvalue weighted by molar-refractivity contribution is 4.52. The second kappa shape index (κ2) is 4.26. The standard InChI is InChI=1S/C5H12N2O2/c1-3-7(6-9)4-5(2)8/h5,8H,3-4H2,1-2H3. The normalized spacial score (nSPS) is 12.8. The monoisotopic (exact) mass is 132 g/mol. The number of rotatable bonds is 4. The molecule has 9 heavy (non-hydrogen) atoms. The molecule has 0 heterocycles. The highest BCUT2D eigenvalue weighted by Gasteiger charge is 2.02. The smallest absolute Gasteiger partial charge is 0.0704 e. The summed E-state index contributed by atoms with van der Waals surface area (Å²) >= 11 is 0. The largest absolute Gasteiger partial charge is 0.392 e. The lowest BCUT2D eigenvalue weighted by Crippen LogP contribution is -2.25. The molecule has 4 heteroatoms. The molecule has 4 nitrogen and oxygen atoms in total. The van der Waals surface area contributed by atoms with Crippen LogP contribution in [-0.4, -0.2) is 29.3 Å². The molecule has 0 spiro atoms. The maximum absolute atomic E-state index is 9.84. The van der Waals surface area contributed by atoms with Gasteiger partial charge in [0.25, 0.3) is 0 Å². The topological polar surface area (TPSA) is 52.9 Å². The zero-order valence-electron chi connectivity index (χ0n) is 5.74. The Labute approximate surface area is 54.4 Å². The number of hydrogen-bond acceptors (Lipinski definition) is 3. The van der Waals surface area contributed by atoms with Gasteiger partial charge in [0.15, 0.2) is 0 Å². The van der Waals surface area contributed by atoms with Gasteiger partial charge in [-0.2, -0.15) is 0 Å². The Bertz CT molecular complexity index is 85.0. The Hall–Kier alpha value is -0.640. The summed E-state index contributed by atoms with van der Waals surface area (Å²) in [5.74, 6) is 0. The van der Waals surface area contributed by atoms with Gasteiger partial charge in [-0.3, -0.25) is 5.01 Å². The Morgan fingerprint density at radius 2 is 2.33 bits per heavy atom. The fraction of sp³-hybridized carbons (Fsp3) is 1.00. The zero-order valence-corrected chi connectivity index (χ0v) is 5.74. The van der Waals surface area contributed by atoms with E-state index in [0.717, 1.165) is 0 Å². The summed E-state index contributed by atoms with van der Waals surface area (Å²) in [6.07, 6.45) is -0.484. The van der Waals surface area contributed by atoms with E-state index in [-0.39, 0.29) is 0 Å². The van der Waals surface area contributed by atoms with Crippen molar-refractivity contribution >= 4 is 0 Å². The Balaban J connectivity index is 3.42. The SMILES string of the molecule is CCN(CC(C)O)N=O. The molecule has 0 radical (unpaired) electrons. The maximum atomic E-state index is 9.84. The third-order valence-electron chi connectivity index (χ3n) is 0.955. The van der Waals surface area contributed by atoms with Gasteiger partial charge < -0.3 is 5.11 Å². The summed E-state index contributed by atoms with van der Waals surface area (Å²) in [4.78, 5) is 9.84. The van der Waals surface area contributed by atoms with Crippen LogP contribution in [0.25, 0.3) is 0 Å². The van der Waals surface area contributed by atoms with E-state index in [1.54, 1.807) is 6.92 Å². The van der Waals surface area contributed by atoms with Gasteiger partial charge in [-0.25, -0.2) is 0 Å². The van der Waals surface area contributed by atoms with Crippen LogP contribution >= 0.6 is 0 Å². The molecule has 0 aromatic heterocycles. The molecule has 0 saturated carbocycles. The van der Waals surface area contributed by atoms with Crippen LogP contribution in [-0.2, 0) is 0 Å². The van der Waals surface area contributed by atoms with Crippen molar-refractivity contribution in [3.05, 3.63) is 4.91 Å². The molecule has 0 aromatic carbocycles. The van der Waals surface area contributed by atoms with Crippen LogP contribution in [0, 0.1) is 4.91 Å². The molecule has 1 N–H and O–H groups in total. The molecule has 0 saturated heterocycles. The predicted octanol–water partition coefficient (Wildman–Crippen LogP) is 0.370. The van der Waals surface area contributed by atoms with Crippen molar-refractivity contribution in [2.75, 3.05) is 13.1 Å². The van der Waals surface area contributed by atoms with E-state index in [9.17, 15) is 4.91 Å². The molecule has 0 aliphatic rings. The summed E-state index contributed by atoms with van der Waals surface area (Å²) in [5.41, 5.74) is 0. The molecule has 0 amide bonds. The number of aliphatic hydroxyl groups is 1. The van der Waals surface area contributed by atoms with E-state index >= 15 is 0 Å². The van der Waals surface area contributed by atoms with Gasteiger partial charge in [-0.05, 0) is 13.8 Å². The first kappa shape index (κ1) is 8.36. The number of aliphatic hydroxyl groups excluding tert-OH is 1. The molecule has 0 bridgehead atoms. The van der Waals surface area contributed by atoms with E-state index in [1.807, 2.05) is 6.92 Å². The Morgan fingerprint density at radius 3 is 2.44 bits per heavy atom. The van der Waals surface area contributed by atoms with Crippen molar-refractivity contribution in [1.82, 2.24) is 5.01 Å². The summed E-state index contributed by atoms with van der Waals surface area (Å²) in [6, 6.07) is 0. The van der Waals surface area contributed by atoms with E-state index in [0.29, 0.717) is 13.1 Å². The van der Waals surface area contributed by atoms with Gasteiger partial charge in [-0.1, -0.05) is 0 Å². The van der Waals surface area contributed by atoms with Crippen molar-refractivity contribution in [3.63, 3.8) is 0 Å². The summed E-state index contributed by atoms with van der Waals surface area (Å²) < 4.78 is 0. The van der Waals surface area contributed by atoms with Crippen LogP contribution in [0.15, 0.2) is 5.29 Å². The van der Waals surface area contributed by atoms with E-state index < -0.39 is 6.10 Å². The molecule has 1 atom stereocenters. The zero-order chi connectivity index (χ0) is 7.28. The number of likely N-dealkylation sites (N-methyl/N-ethyl adjacent to an activating group) is 1. The first-order chi connectivity index (χ1) is 4.20. The van der Waals surface area contributed by atoms with Gasteiger partial charge in [0.2, 0.25) is 0 Å². The molecule has 0 fully saturated rings. The van der Waals surface area contributed by atoms with Gasteiger partial charge in [0.05, 0.1) is 17.9 Å². The Morgan fingerprint density at radius 1 is 1.78 bits per heavy atom. The van der Waals surface area contributed by atoms with Crippen LogP contribution in [0.1, 0.15) is 13.8 Å². The average molecular weight is 132 g/mol. The predicted molar refractivity (Wildman–Crippen MR) is 34.7 cm³/mol. The fourth-order valence-electron chi connectivity index (χ4n) is 0.525. The molecular weight excluding hydrogens is 120 g/mol.